The van der Waals surface area contributed by atoms with E-state index in [1.807, 2.05) is 0 Å². The van der Waals surface area contributed by atoms with Crippen molar-refractivity contribution in [3.63, 3.8) is 0 Å². The highest BCUT2D eigenvalue weighted by atomic mass is 19.3. The van der Waals surface area contributed by atoms with Crippen LogP contribution in [0.15, 0.2) is 71.3 Å². The summed E-state index contributed by atoms with van der Waals surface area (Å²) in [6.07, 6.45) is 5.53. The summed E-state index contributed by atoms with van der Waals surface area (Å²) < 4.78 is 36.8. The van der Waals surface area contributed by atoms with Gasteiger partial charge in [0.25, 0.3) is 12.0 Å². The van der Waals surface area contributed by atoms with Gasteiger partial charge in [-0.2, -0.15) is 4.98 Å². The van der Waals surface area contributed by atoms with Crippen molar-refractivity contribution >= 4 is 22.3 Å². The molecular weight excluding hydrogens is 444 g/mol. The average molecular weight is 465 g/mol. The number of fused-ring (bicyclic) bond motifs is 1. The molecule has 3 aromatic rings. The monoisotopic (exact) mass is 465 g/mol. The minimum Gasteiger partial charge on any atom is -0.481 e. The third-order valence-electron chi connectivity index (χ3n) is 5.03. The summed E-state index contributed by atoms with van der Waals surface area (Å²) in [5.74, 6) is 0.337. The molecule has 2 N–H and O–H groups in total. The average Bonchev–Trinajstić information content (AvgIpc) is 2.84. The van der Waals surface area contributed by atoms with Crippen LogP contribution in [0.25, 0.3) is 22.3 Å². The molecule has 1 aliphatic carbocycles. The number of nitrogens with one attached hydrogen (secondary N) is 2. The van der Waals surface area contributed by atoms with Crippen LogP contribution >= 0.6 is 0 Å². The molecule has 3 aromatic heterocycles. The van der Waals surface area contributed by atoms with Crippen LogP contribution < -0.4 is 20.3 Å². The summed E-state index contributed by atoms with van der Waals surface area (Å²) >= 11 is 0. The molecule has 0 spiro atoms. The van der Waals surface area contributed by atoms with E-state index in [1.165, 1.54) is 23.9 Å². The maximum absolute atomic E-state index is 13.7. The van der Waals surface area contributed by atoms with Crippen LogP contribution in [0.4, 0.5) is 8.78 Å². The molecule has 0 amide bonds. The summed E-state index contributed by atoms with van der Waals surface area (Å²) in [6, 6.07) is 8.06. The van der Waals surface area contributed by atoms with Crippen molar-refractivity contribution in [3.8, 4) is 17.4 Å². The Morgan fingerprint density at radius 2 is 2.00 bits per heavy atom. The van der Waals surface area contributed by atoms with Gasteiger partial charge in [0, 0.05) is 41.9 Å². The quantitative estimate of drug-likeness (QED) is 0.554. The Morgan fingerprint density at radius 1 is 1.21 bits per heavy atom. The zero-order valence-electron chi connectivity index (χ0n) is 18.4. The molecule has 1 aliphatic rings. The molecule has 0 unspecified atom stereocenters. The van der Waals surface area contributed by atoms with E-state index in [9.17, 15) is 13.6 Å². The molecule has 0 atom stereocenters. The number of ether oxygens (including phenoxy) is 2. The van der Waals surface area contributed by atoms with Crippen LogP contribution in [0.1, 0.15) is 5.56 Å². The lowest BCUT2D eigenvalue weighted by atomic mass is 9.95. The van der Waals surface area contributed by atoms with Gasteiger partial charge in [0.15, 0.2) is 12.3 Å². The Bertz CT molecular complexity index is 1390. The highest BCUT2D eigenvalue weighted by Crippen LogP contribution is 2.26. The molecule has 3 heterocycles. The Labute approximate surface area is 193 Å². The van der Waals surface area contributed by atoms with E-state index in [0.717, 1.165) is 0 Å². The maximum Gasteiger partial charge on any atom is 0.272 e. The number of alkyl halides is 2. The van der Waals surface area contributed by atoms with Crippen molar-refractivity contribution in [3.05, 3.63) is 82.4 Å². The van der Waals surface area contributed by atoms with Crippen molar-refractivity contribution in [2.75, 3.05) is 20.8 Å². The van der Waals surface area contributed by atoms with Crippen LogP contribution in [-0.4, -0.2) is 47.4 Å². The number of aromatic nitrogens is 3. The molecule has 10 heteroatoms. The van der Waals surface area contributed by atoms with Crippen molar-refractivity contribution < 1.29 is 18.3 Å². The minimum absolute atomic E-state index is 0.0281. The largest absolute Gasteiger partial charge is 0.481 e. The van der Waals surface area contributed by atoms with Gasteiger partial charge in [-0.25, -0.2) is 13.8 Å². The highest BCUT2D eigenvalue weighted by molar-refractivity contribution is 6.13. The van der Waals surface area contributed by atoms with E-state index in [4.69, 9.17) is 14.9 Å². The molecule has 8 nitrogen and oxygen atoms in total. The Morgan fingerprint density at radius 3 is 2.68 bits per heavy atom. The second-order valence-corrected chi connectivity index (χ2v) is 7.26. The summed E-state index contributed by atoms with van der Waals surface area (Å²) in [5.41, 5.74) is 2.15. The lowest BCUT2D eigenvalue weighted by Gasteiger charge is -2.16. The zero-order valence-corrected chi connectivity index (χ0v) is 18.4. The van der Waals surface area contributed by atoms with E-state index in [0.29, 0.717) is 39.4 Å². The Kier molecular flexibility index (Phi) is 6.48. The van der Waals surface area contributed by atoms with Crippen molar-refractivity contribution in [1.29, 1.82) is 5.41 Å². The van der Waals surface area contributed by atoms with Crippen molar-refractivity contribution in [2.24, 2.45) is 0 Å². The molecule has 0 saturated heterocycles. The van der Waals surface area contributed by atoms with E-state index in [-0.39, 0.29) is 11.5 Å². The van der Waals surface area contributed by atoms with Gasteiger partial charge >= 0.3 is 0 Å². The minimum atomic E-state index is -2.66. The van der Waals surface area contributed by atoms with E-state index in [1.54, 1.807) is 55.7 Å². The Balaban J connectivity index is 1.94. The number of halogens is 2. The van der Waals surface area contributed by atoms with Crippen LogP contribution in [0.5, 0.6) is 11.8 Å². The first-order valence-electron chi connectivity index (χ1n) is 10.3. The molecule has 4 rings (SSSR count). The molecule has 0 aliphatic heterocycles. The molecule has 0 radical (unpaired) electrons. The highest BCUT2D eigenvalue weighted by Gasteiger charge is 2.18. The second-order valence-electron chi connectivity index (χ2n) is 7.26. The predicted octanol–water partition coefficient (Wildman–Crippen LogP) is 3.51. The first-order chi connectivity index (χ1) is 16.4. The number of allylic oxidation sites excluding steroid dienone is 5. The van der Waals surface area contributed by atoms with Crippen molar-refractivity contribution in [2.45, 2.75) is 6.43 Å². The van der Waals surface area contributed by atoms with Gasteiger partial charge in [0.2, 0.25) is 11.8 Å². The maximum atomic E-state index is 13.7. The first-order valence-corrected chi connectivity index (χ1v) is 10.3. The van der Waals surface area contributed by atoms with E-state index in [2.05, 4.69) is 15.3 Å². The van der Waals surface area contributed by atoms with Gasteiger partial charge in [0.05, 0.1) is 24.7 Å². The van der Waals surface area contributed by atoms with Gasteiger partial charge in [-0.3, -0.25) is 9.36 Å². The third-order valence-corrected chi connectivity index (χ3v) is 5.03. The summed E-state index contributed by atoms with van der Waals surface area (Å²) in [5, 5.41) is 11.6. The Hall–Kier alpha value is -4.34. The number of hydrogen-bond donors (Lipinski definition) is 2. The van der Waals surface area contributed by atoms with Gasteiger partial charge < -0.3 is 20.2 Å². The van der Waals surface area contributed by atoms with Crippen LogP contribution in [-0.2, 0) is 0 Å². The lowest BCUT2D eigenvalue weighted by molar-refractivity contribution is 0.0797. The third kappa shape index (κ3) is 4.56. The van der Waals surface area contributed by atoms with Crippen LogP contribution in [0.2, 0.25) is 0 Å². The second kappa shape index (κ2) is 9.65. The number of nitrogens with zero attached hydrogens (tertiary/aromatic N) is 3. The van der Waals surface area contributed by atoms with Gasteiger partial charge in [-0.05, 0) is 35.9 Å². The SMILES string of the molecule is CN/C=C1/C=C(c2cc3ccc(OCC(F)F)nc3n(-c3ccc(OC)nc3)c2=O)C=CC1=N. The normalized spacial score (nSPS) is 14.6. The standard InChI is InChI=1S/C24H21F2N5O3/c1-28-11-16-9-14(3-6-19(16)27)18-10-15-4-7-22(34-13-20(25)26)30-23(15)31(24(18)32)17-5-8-21(33-2)29-12-17/h3-12,20,27-28H,13H2,1-2H3/b16-11-,27-19?. The molecule has 34 heavy (non-hydrogen) atoms. The van der Waals surface area contributed by atoms with Crippen molar-refractivity contribution in [1.82, 2.24) is 19.9 Å². The van der Waals surface area contributed by atoms with Crippen LogP contribution in [0, 0.1) is 5.41 Å². The van der Waals surface area contributed by atoms with Gasteiger partial charge in [-0.1, -0.05) is 6.08 Å². The molecule has 0 fully saturated rings. The lowest BCUT2D eigenvalue weighted by Crippen LogP contribution is -2.24. The molecule has 0 saturated carbocycles. The fourth-order valence-corrected chi connectivity index (χ4v) is 3.47. The van der Waals surface area contributed by atoms with Gasteiger partial charge in [-0.15, -0.1) is 0 Å². The van der Waals surface area contributed by atoms with Crippen LogP contribution in [0.3, 0.4) is 0 Å². The molecule has 174 valence electrons. The predicted molar refractivity (Wildman–Crippen MR) is 125 cm³/mol. The number of rotatable bonds is 7. The fraction of sp³-hybridized carbons (Fsp3) is 0.167. The zero-order chi connectivity index (χ0) is 24.2. The number of methoxy groups -OCH3 is 1. The topological polar surface area (TPSA) is 102 Å². The number of pyridine rings is 3. The molecular formula is C24H21F2N5O3. The number of hydrogen-bond acceptors (Lipinski definition) is 7. The van der Waals surface area contributed by atoms with E-state index < -0.39 is 18.6 Å². The van der Waals surface area contributed by atoms with Gasteiger partial charge in [0.1, 0.15) is 0 Å². The first kappa shape index (κ1) is 22.8. The molecule has 0 aromatic carbocycles. The summed E-state index contributed by atoms with van der Waals surface area (Å²) in [4.78, 5) is 22.2. The molecule has 0 bridgehead atoms. The fourth-order valence-electron chi connectivity index (χ4n) is 3.47. The summed E-state index contributed by atoms with van der Waals surface area (Å²) in [6.45, 7) is -0.810. The smallest absolute Gasteiger partial charge is 0.272 e. The summed E-state index contributed by atoms with van der Waals surface area (Å²) in [7, 11) is 3.21. The van der Waals surface area contributed by atoms with E-state index >= 15 is 0 Å².